The molecule has 1 amide bonds. The second kappa shape index (κ2) is 6.12. The third-order valence-corrected chi connectivity index (χ3v) is 5.84. The van der Waals surface area contributed by atoms with E-state index in [1.165, 1.54) is 23.2 Å². The monoisotopic (exact) mass is 320 g/mol. The van der Waals surface area contributed by atoms with Gasteiger partial charge in [0.2, 0.25) is 15.9 Å². The maximum Gasteiger partial charge on any atom is 0.244 e. The van der Waals surface area contributed by atoms with Gasteiger partial charge in [0.05, 0.1) is 11.4 Å². The molecule has 1 aromatic carbocycles. The highest BCUT2D eigenvalue weighted by molar-refractivity contribution is 7.93. The molecule has 0 atom stereocenters. The minimum absolute atomic E-state index is 0.0851. The highest BCUT2D eigenvalue weighted by atomic mass is 32.2. The summed E-state index contributed by atoms with van der Waals surface area (Å²) < 4.78 is 25.2. The average molecular weight is 320 g/mol. The Morgan fingerprint density at radius 1 is 1.27 bits per heavy atom. The fourth-order valence-corrected chi connectivity index (χ4v) is 4.04. The van der Waals surface area contributed by atoms with Crippen LogP contribution in [0.3, 0.4) is 0 Å². The van der Waals surface area contributed by atoms with Crippen LogP contribution in [0.2, 0.25) is 0 Å². The summed E-state index contributed by atoms with van der Waals surface area (Å²) in [4.78, 5) is 11.6. The summed E-state index contributed by atoms with van der Waals surface area (Å²) in [6.07, 6.45) is 6.36. The Morgan fingerprint density at radius 2 is 2.00 bits per heavy atom. The number of carbonyl (C=O) groups excluding carboxylic acids is 1. The Bertz CT molecular complexity index is 676. The van der Waals surface area contributed by atoms with Crippen molar-refractivity contribution in [2.75, 3.05) is 23.1 Å². The zero-order valence-electron chi connectivity index (χ0n) is 12.4. The van der Waals surface area contributed by atoms with E-state index in [-0.39, 0.29) is 11.7 Å². The largest absolute Gasteiger partial charge is 0.352 e. The Morgan fingerprint density at radius 3 is 2.59 bits per heavy atom. The SMILES string of the molecule is O=C(/C=C\c1ccc(N2CCCS2(=O)=O)cc1)NCC1CC1. The van der Waals surface area contributed by atoms with Crippen LogP contribution in [-0.4, -0.2) is 33.2 Å². The summed E-state index contributed by atoms with van der Waals surface area (Å²) in [6, 6.07) is 7.22. The molecule has 5 nitrogen and oxygen atoms in total. The van der Waals surface area contributed by atoms with Gasteiger partial charge in [0.15, 0.2) is 0 Å². The van der Waals surface area contributed by atoms with Crippen LogP contribution in [0.4, 0.5) is 5.69 Å². The highest BCUT2D eigenvalue weighted by Gasteiger charge is 2.28. The molecular weight excluding hydrogens is 300 g/mol. The quantitative estimate of drug-likeness (QED) is 0.841. The molecule has 0 radical (unpaired) electrons. The van der Waals surface area contributed by atoms with Gasteiger partial charge in [0.1, 0.15) is 0 Å². The van der Waals surface area contributed by atoms with Gasteiger partial charge in [-0.2, -0.15) is 0 Å². The number of sulfonamides is 1. The summed E-state index contributed by atoms with van der Waals surface area (Å²) in [5, 5.41) is 2.87. The van der Waals surface area contributed by atoms with Crippen LogP contribution in [0.1, 0.15) is 24.8 Å². The van der Waals surface area contributed by atoms with E-state index >= 15 is 0 Å². The molecule has 0 aromatic heterocycles. The van der Waals surface area contributed by atoms with E-state index in [9.17, 15) is 13.2 Å². The number of benzene rings is 1. The molecule has 2 fully saturated rings. The molecule has 1 aliphatic carbocycles. The predicted octanol–water partition coefficient (Wildman–Crippen LogP) is 1.77. The molecule has 118 valence electrons. The van der Waals surface area contributed by atoms with Gasteiger partial charge in [-0.1, -0.05) is 12.1 Å². The first-order valence-corrected chi connectivity index (χ1v) is 9.22. The molecule has 1 aromatic rings. The third kappa shape index (κ3) is 3.68. The molecule has 2 aliphatic rings. The lowest BCUT2D eigenvalue weighted by molar-refractivity contribution is -0.116. The van der Waals surface area contributed by atoms with Crippen molar-refractivity contribution in [3.8, 4) is 0 Å². The van der Waals surface area contributed by atoms with Crippen molar-refractivity contribution in [3.63, 3.8) is 0 Å². The van der Waals surface area contributed by atoms with Gasteiger partial charge in [-0.15, -0.1) is 0 Å². The van der Waals surface area contributed by atoms with Gasteiger partial charge in [0.25, 0.3) is 0 Å². The van der Waals surface area contributed by atoms with Crippen molar-refractivity contribution in [3.05, 3.63) is 35.9 Å². The highest BCUT2D eigenvalue weighted by Crippen LogP contribution is 2.27. The van der Waals surface area contributed by atoms with Crippen LogP contribution >= 0.6 is 0 Å². The first kappa shape index (κ1) is 15.1. The molecule has 1 heterocycles. The summed E-state index contributed by atoms with van der Waals surface area (Å²) in [6.45, 7) is 1.30. The molecule has 0 bridgehead atoms. The van der Waals surface area contributed by atoms with Gasteiger partial charge in [-0.25, -0.2) is 8.42 Å². The van der Waals surface area contributed by atoms with E-state index in [4.69, 9.17) is 0 Å². The van der Waals surface area contributed by atoms with Gasteiger partial charge in [-0.3, -0.25) is 9.10 Å². The van der Waals surface area contributed by atoms with Gasteiger partial charge >= 0.3 is 0 Å². The molecule has 22 heavy (non-hydrogen) atoms. The van der Waals surface area contributed by atoms with Crippen LogP contribution in [0.15, 0.2) is 30.3 Å². The Labute approximate surface area is 131 Å². The summed E-state index contributed by atoms with van der Waals surface area (Å²) in [5.41, 5.74) is 1.56. The number of amides is 1. The molecule has 1 N–H and O–H groups in total. The summed E-state index contributed by atoms with van der Waals surface area (Å²) in [7, 11) is -3.14. The van der Waals surface area contributed by atoms with Gasteiger partial charge in [-0.05, 0) is 49.0 Å². The van der Waals surface area contributed by atoms with Crippen LogP contribution in [0, 0.1) is 5.92 Å². The lowest BCUT2D eigenvalue weighted by Crippen LogP contribution is -2.24. The normalized spacial score (nSPS) is 20.5. The fraction of sp³-hybridized carbons (Fsp3) is 0.438. The minimum atomic E-state index is -3.14. The molecule has 0 unspecified atom stereocenters. The fourth-order valence-electron chi connectivity index (χ4n) is 2.48. The van der Waals surface area contributed by atoms with E-state index < -0.39 is 10.0 Å². The van der Waals surface area contributed by atoms with E-state index in [2.05, 4.69) is 5.32 Å². The van der Waals surface area contributed by atoms with Gasteiger partial charge in [0, 0.05) is 19.2 Å². The third-order valence-electron chi connectivity index (χ3n) is 3.97. The van der Waals surface area contributed by atoms with E-state index in [1.807, 2.05) is 12.1 Å². The van der Waals surface area contributed by atoms with Crippen LogP contribution in [0.5, 0.6) is 0 Å². The summed E-state index contributed by atoms with van der Waals surface area (Å²) in [5.74, 6) is 0.799. The van der Waals surface area contributed by atoms with E-state index in [0.717, 1.165) is 12.1 Å². The minimum Gasteiger partial charge on any atom is -0.352 e. The van der Waals surface area contributed by atoms with Crippen LogP contribution in [0.25, 0.3) is 6.08 Å². The van der Waals surface area contributed by atoms with Crippen molar-refractivity contribution in [1.29, 1.82) is 0 Å². The topological polar surface area (TPSA) is 66.5 Å². The molecule has 0 spiro atoms. The predicted molar refractivity (Wildman–Crippen MR) is 87.0 cm³/mol. The number of carbonyl (C=O) groups is 1. The van der Waals surface area contributed by atoms with Crippen molar-refractivity contribution >= 4 is 27.7 Å². The molecule has 3 rings (SSSR count). The molecule has 1 saturated carbocycles. The maximum atomic E-state index is 11.9. The standard InChI is InChI=1S/C16H20N2O3S/c19-16(17-12-14-2-3-14)9-6-13-4-7-15(8-5-13)18-10-1-11-22(18,20)21/h4-9,14H,1-3,10-12H2,(H,17,19)/b9-6-. The molecular formula is C16H20N2O3S. The Hall–Kier alpha value is -1.82. The number of nitrogens with zero attached hydrogens (tertiary/aromatic N) is 1. The zero-order valence-corrected chi connectivity index (χ0v) is 13.2. The maximum absolute atomic E-state index is 11.9. The molecule has 6 heteroatoms. The summed E-state index contributed by atoms with van der Waals surface area (Å²) >= 11 is 0. The Kier molecular flexibility index (Phi) is 4.20. The second-order valence-electron chi connectivity index (χ2n) is 5.86. The first-order valence-electron chi connectivity index (χ1n) is 7.61. The number of hydrogen-bond donors (Lipinski definition) is 1. The number of nitrogens with one attached hydrogen (secondary N) is 1. The second-order valence-corrected chi connectivity index (χ2v) is 7.87. The number of anilines is 1. The lowest BCUT2D eigenvalue weighted by atomic mass is 10.2. The van der Waals surface area contributed by atoms with Crippen LogP contribution < -0.4 is 9.62 Å². The smallest absolute Gasteiger partial charge is 0.244 e. The van der Waals surface area contributed by atoms with E-state index in [1.54, 1.807) is 18.2 Å². The average Bonchev–Trinajstić information content (AvgIpc) is 3.26. The molecule has 1 saturated heterocycles. The molecule has 1 aliphatic heterocycles. The van der Waals surface area contributed by atoms with Crippen molar-refractivity contribution in [2.24, 2.45) is 5.92 Å². The Balaban J connectivity index is 1.60. The van der Waals surface area contributed by atoms with Crippen molar-refractivity contribution in [1.82, 2.24) is 5.32 Å². The van der Waals surface area contributed by atoms with E-state index in [0.29, 0.717) is 24.6 Å². The van der Waals surface area contributed by atoms with Gasteiger partial charge < -0.3 is 5.32 Å². The zero-order chi connectivity index (χ0) is 15.6. The van der Waals surface area contributed by atoms with Crippen LogP contribution in [-0.2, 0) is 14.8 Å². The first-order chi connectivity index (χ1) is 10.5. The van der Waals surface area contributed by atoms with Crippen molar-refractivity contribution < 1.29 is 13.2 Å². The number of hydrogen-bond acceptors (Lipinski definition) is 3. The lowest BCUT2D eigenvalue weighted by Gasteiger charge is -2.16. The number of rotatable bonds is 5. The van der Waals surface area contributed by atoms with Crippen molar-refractivity contribution in [2.45, 2.75) is 19.3 Å².